The van der Waals surface area contributed by atoms with Gasteiger partial charge in [0.2, 0.25) is 0 Å². The minimum atomic E-state index is 0.229. The molecule has 0 fully saturated rings. The Kier molecular flexibility index (Phi) is 6.83. The lowest BCUT2D eigenvalue weighted by Crippen LogP contribution is -2.42. The summed E-state index contributed by atoms with van der Waals surface area (Å²) in [5, 5.41) is 9.06. The van der Waals surface area contributed by atoms with Crippen LogP contribution in [-0.2, 0) is 0 Å². The summed E-state index contributed by atoms with van der Waals surface area (Å²) in [4.78, 5) is 2.23. The van der Waals surface area contributed by atoms with E-state index in [1.165, 1.54) is 0 Å². The molecular formula is C11H25NOS. The number of likely N-dealkylation sites (N-methyl/N-ethyl adjacent to an activating group) is 1. The van der Waals surface area contributed by atoms with Crippen LogP contribution in [0.4, 0.5) is 0 Å². The Morgan fingerprint density at radius 1 is 1.36 bits per heavy atom. The number of hydrogen-bond donors (Lipinski definition) is 2. The Morgan fingerprint density at radius 3 is 2.14 bits per heavy atom. The highest BCUT2D eigenvalue weighted by molar-refractivity contribution is 7.80. The average Bonchev–Trinajstić information content (AvgIpc) is 2.24. The van der Waals surface area contributed by atoms with Gasteiger partial charge in [0, 0.05) is 12.6 Å². The summed E-state index contributed by atoms with van der Waals surface area (Å²) < 4.78 is 0. The molecule has 3 heteroatoms. The topological polar surface area (TPSA) is 23.5 Å². The number of aliphatic hydroxyl groups is 1. The maximum absolute atomic E-state index is 9.06. The summed E-state index contributed by atoms with van der Waals surface area (Å²) in [5.74, 6) is 0.919. The summed E-state index contributed by atoms with van der Waals surface area (Å²) in [6.45, 7) is 7.74. The average molecular weight is 219 g/mol. The standard InChI is InChI=1S/C11H25NOS/c1-5-11(6-2,9-14)8-12(4)10(3)7-13/h10,13-14H,5-9H2,1-4H3. The first-order valence-electron chi connectivity index (χ1n) is 5.47. The second-order valence-corrected chi connectivity index (χ2v) is 4.63. The Labute approximate surface area is 94.1 Å². The van der Waals surface area contributed by atoms with Gasteiger partial charge in [-0.1, -0.05) is 13.8 Å². The molecule has 86 valence electrons. The van der Waals surface area contributed by atoms with Gasteiger partial charge in [-0.15, -0.1) is 0 Å². The smallest absolute Gasteiger partial charge is 0.0584 e. The molecule has 0 heterocycles. The van der Waals surface area contributed by atoms with Gasteiger partial charge in [0.25, 0.3) is 0 Å². The molecule has 1 N–H and O–H groups in total. The Hall–Kier alpha value is 0.270. The number of nitrogens with zero attached hydrogens (tertiary/aromatic N) is 1. The number of rotatable bonds is 7. The van der Waals surface area contributed by atoms with Crippen LogP contribution in [0.5, 0.6) is 0 Å². The highest BCUT2D eigenvalue weighted by Crippen LogP contribution is 2.29. The number of aliphatic hydroxyl groups excluding tert-OH is 1. The highest BCUT2D eigenvalue weighted by Gasteiger charge is 2.27. The van der Waals surface area contributed by atoms with E-state index < -0.39 is 0 Å². The lowest BCUT2D eigenvalue weighted by Gasteiger charge is -2.36. The van der Waals surface area contributed by atoms with Crippen molar-refractivity contribution in [1.29, 1.82) is 0 Å². The Morgan fingerprint density at radius 2 is 1.86 bits per heavy atom. The van der Waals surface area contributed by atoms with Gasteiger partial charge in [-0.05, 0) is 38.0 Å². The predicted octanol–water partition coefficient (Wildman–Crippen LogP) is 2.04. The van der Waals surface area contributed by atoms with Gasteiger partial charge in [-0.3, -0.25) is 0 Å². The van der Waals surface area contributed by atoms with Crippen molar-refractivity contribution in [3.8, 4) is 0 Å². The quantitative estimate of drug-likeness (QED) is 0.640. The van der Waals surface area contributed by atoms with Gasteiger partial charge in [-0.2, -0.15) is 12.6 Å². The predicted molar refractivity (Wildman–Crippen MR) is 66.0 cm³/mol. The largest absolute Gasteiger partial charge is 0.395 e. The van der Waals surface area contributed by atoms with Crippen molar-refractivity contribution in [1.82, 2.24) is 4.90 Å². The molecule has 1 unspecified atom stereocenters. The van der Waals surface area contributed by atoms with Crippen molar-refractivity contribution in [3.05, 3.63) is 0 Å². The van der Waals surface area contributed by atoms with Crippen molar-refractivity contribution < 1.29 is 5.11 Å². The monoisotopic (exact) mass is 219 g/mol. The molecule has 0 bridgehead atoms. The van der Waals surface area contributed by atoms with Gasteiger partial charge in [0.15, 0.2) is 0 Å². The zero-order chi connectivity index (χ0) is 11.2. The molecule has 0 saturated heterocycles. The van der Waals surface area contributed by atoms with Crippen LogP contribution in [0, 0.1) is 5.41 Å². The van der Waals surface area contributed by atoms with E-state index >= 15 is 0 Å². The van der Waals surface area contributed by atoms with Gasteiger partial charge >= 0.3 is 0 Å². The lowest BCUT2D eigenvalue weighted by atomic mass is 9.83. The second kappa shape index (κ2) is 6.70. The molecule has 0 aromatic rings. The molecule has 0 aromatic carbocycles. The van der Waals surface area contributed by atoms with E-state index in [1.807, 2.05) is 0 Å². The van der Waals surface area contributed by atoms with Crippen molar-refractivity contribution in [2.24, 2.45) is 5.41 Å². The molecule has 0 aliphatic heterocycles. The molecule has 0 aliphatic rings. The highest BCUT2D eigenvalue weighted by atomic mass is 32.1. The Balaban J connectivity index is 4.28. The minimum absolute atomic E-state index is 0.229. The van der Waals surface area contributed by atoms with Crippen LogP contribution in [0.15, 0.2) is 0 Å². The molecule has 0 amide bonds. The van der Waals surface area contributed by atoms with Gasteiger partial charge in [0.1, 0.15) is 0 Å². The van der Waals surface area contributed by atoms with Gasteiger partial charge in [0.05, 0.1) is 6.61 Å². The van der Waals surface area contributed by atoms with Crippen molar-refractivity contribution in [3.63, 3.8) is 0 Å². The van der Waals surface area contributed by atoms with Crippen LogP contribution in [0.25, 0.3) is 0 Å². The fourth-order valence-corrected chi connectivity index (χ4v) is 2.12. The molecule has 2 nitrogen and oxygen atoms in total. The Bertz CT molecular complexity index is 140. The molecule has 0 spiro atoms. The minimum Gasteiger partial charge on any atom is -0.395 e. The van der Waals surface area contributed by atoms with Gasteiger partial charge in [-0.25, -0.2) is 0 Å². The normalized spacial score (nSPS) is 14.8. The summed E-state index contributed by atoms with van der Waals surface area (Å²) >= 11 is 4.44. The summed E-state index contributed by atoms with van der Waals surface area (Å²) in [5.41, 5.74) is 0.307. The van der Waals surface area contributed by atoms with E-state index in [-0.39, 0.29) is 12.6 Å². The summed E-state index contributed by atoms with van der Waals surface area (Å²) in [6, 6.07) is 0.243. The first-order valence-corrected chi connectivity index (χ1v) is 6.10. The fourth-order valence-electron chi connectivity index (χ4n) is 1.57. The third-order valence-electron chi connectivity index (χ3n) is 3.44. The van der Waals surface area contributed by atoms with E-state index in [0.29, 0.717) is 5.41 Å². The molecule has 0 aromatic heterocycles. The van der Waals surface area contributed by atoms with E-state index in [4.69, 9.17) is 5.11 Å². The van der Waals surface area contributed by atoms with Crippen molar-refractivity contribution in [2.75, 3.05) is 26.0 Å². The molecule has 1 atom stereocenters. The summed E-state index contributed by atoms with van der Waals surface area (Å²) in [6.07, 6.45) is 2.30. The molecular weight excluding hydrogens is 194 g/mol. The zero-order valence-corrected chi connectivity index (χ0v) is 10.8. The van der Waals surface area contributed by atoms with E-state index in [9.17, 15) is 0 Å². The van der Waals surface area contributed by atoms with E-state index in [1.54, 1.807) is 0 Å². The first kappa shape index (κ1) is 14.3. The van der Waals surface area contributed by atoms with Gasteiger partial charge < -0.3 is 10.0 Å². The SMILES string of the molecule is CCC(CC)(CS)CN(C)C(C)CO. The van der Waals surface area contributed by atoms with Crippen LogP contribution in [-0.4, -0.2) is 42.0 Å². The summed E-state index contributed by atoms with van der Waals surface area (Å²) in [7, 11) is 2.07. The molecule has 0 rings (SSSR count). The van der Waals surface area contributed by atoms with E-state index in [0.717, 1.165) is 25.1 Å². The molecule has 0 saturated carbocycles. The fraction of sp³-hybridized carbons (Fsp3) is 1.00. The third-order valence-corrected chi connectivity index (χ3v) is 4.11. The van der Waals surface area contributed by atoms with Crippen molar-refractivity contribution in [2.45, 2.75) is 39.7 Å². The molecule has 0 aliphatic carbocycles. The lowest BCUT2D eigenvalue weighted by molar-refractivity contribution is 0.108. The van der Waals surface area contributed by atoms with Crippen LogP contribution in [0.2, 0.25) is 0 Å². The maximum atomic E-state index is 9.06. The van der Waals surface area contributed by atoms with Crippen LogP contribution in [0.3, 0.4) is 0 Å². The van der Waals surface area contributed by atoms with Crippen LogP contribution < -0.4 is 0 Å². The number of thiol groups is 1. The van der Waals surface area contributed by atoms with Crippen molar-refractivity contribution >= 4 is 12.6 Å². The van der Waals surface area contributed by atoms with E-state index in [2.05, 4.69) is 45.3 Å². The number of hydrogen-bond acceptors (Lipinski definition) is 3. The third kappa shape index (κ3) is 3.79. The first-order chi connectivity index (χ1) is 6.55. The van der Waals surface area contributed by atoms with Crippen LogP contribution >= 0.6 is 12.6 Å². The molecule has 14 heavy (non-hydrogen) atoms. The molecule has 0 radical (unpaired) electrons. The zero-order valence-electron chi connectivity index (χ0n) is 9.95. The maximum Gasteiger partial charge on any atom is 0.0584 e. The second-order valence-electron chi connectivity index (χ2n) is 4.31. The van der Waals surface area contributed by atoms with Crippen LogP contribution in [0.1, 0.15) is 33.6 Å².